The quantitative estimate of drug-likeness (QED) is 0.745. The number of rotatable bonds is 1. The van der Waals surface area contributed by atoms with Gasteiger partial charge in [-0.25, -0.2) is 4.98 Å². The minimum absolute atomic E-state index is 0.236. The Kier molecular flexibility index (Phi) is 2.64. The Morgan fingerprint density at radius 2 is 1.88 bits per heavy atom. The van der Waals surface area contributed by atoms with Crippen molar-refractivity contribution in [1.82, 2.24) is 9.55 Å². The maximum absolute atomic E-state index is 12.7. The number of imidazole rings is 1. The molecule has 17 heavy (non-hydrogen) atoms. The molecule has 0 N–H and O–H groups in total. The first-order valence-electron chi connectivity index (χ1n) is 5.39. The highest BCUT2D eigenvalue weighted by Crippen LogP contribution is 2.34. The molecule has 0 aliphatic carbocycles. The van der Waals surface area contributed by atoms with Crippen molar-refractivity contribution in [2.75, 3.05) is 0 Å². The van der Waals surface area contributed by atoms with Crippen LogP contribution in [0.5, 0.6) is 0 Å². The Balaban J connectivity index is 2.75. The van der Waals surface area contributed by atoms with Crippen LogP contribution in [-0.2, 0) is 12.7 Å². The molecular formula is C12H13F3N2. The molecule has 0 aliphatic rings. The lowest BCUT2D eigenvalue weighted by Crippen LogP contribution is -2.07. The lowest BCUT2D eigenvalue weighted by molar-refractivity contribution is -0.137. The molecule has 2 aromatic rings. The molecule has 0 unspecified atom stereocenters. The van der Waals surface area contributed by atoms with Gasteiger partial charge in [0, 0.05) is 6.54 Å². The van der Waals surface area contributed by atoms with Gasteiger partial charge in [-0.15, -0.1) is 0 Å². The molecule has 0 amide bonds. The zero-order valence-electron chi connectivity index (χ0n) is 9.89. The molecule has 92 valence electrons. The van der Waals surface area contributed by atoms with Crippen LogP contribution in [-0.4, -0.2) is 9.55 Å². The number of halogens is 3. The van der Waals surface area contributed by atoms with E-state index in [1.807, 2.05) is 11.5 Å². The van der Waals surface area contributed by atoms with E-state index >= 15 is 0 Å². The maximum atomic E-state index is 12.7. The first-order chi connectivity index (χ1) is 7.84. The molecule has 0 radical (unpaired) electrons. The Hall–Kier alpha value is -1.52. The van der Waals surface area contributed by atoms with Gasteiger partial charge in [-0.1, -0.05) is 0 Å². The summed E-state index contributed by atoms with van der Waals surface area (Å²) >= 11 is 0. The third-order valence-corrected chi connectivity index (χ3v) is 2.91. The van der Waals surface area contributed by atoms with Crippen LogP contribution in [0.1, 0.15) is 23.9 Å². The normalized spacial score (nSPS) is 12.4. The van der Waals surface area contributed by atoms with Gasteiger partial charge in [-0.05, 0) is 38.5 Å². The van der Waals surface area contributed by atoms with Crippen molar-refractivity contribution in [1.29, 1.82) is 0 Å². The molecule has 2 nitrogen and oxygen atoms in total. The highest BCUT2D eigenvalue weighted by molar-refractivity contribution is 5.78. The van der Waals surface area contributed by atoms with Crippen molar-refractivity contribution in [3.8, 4) is 0 Å². The van der Waals surface area contributed by atoms with Crippen molar-refractivity contribution >= 4 is 11.0 Å². The number of hydrogen-bond acceptors (Lipinski definition) is 1. The van der Waals surface area contributed by atoms with Gasteiger partial charge in [-0.3, -0.25) is 0 Å². The van der Waals surface area contributed by atoms with Crippen molar-refractivity contribution in [2.45, 2.75) is 33.5 Å². The van der Waals surface area contributed by atoms with E-state index in [0.717, 1.165) is 17.4 Å². The largest absolute Gasteiger partial charge is 0.416 e. The first-order valence-corrected chi connectivity index (χ1v) is 5.39. The second kappa shape index (κ2) is 3.75. The first kappa shape index (κ1) is 12.0. The summed E-state index contributed by atoms with van der Waals surface area (Å²) in [6.07, 6.45) is -4.32. The molecule has 1 aromatic heterocycles. The van der Waals surface area contributed by atoms with E-state index in [9.17, 15) is 13.2 Å². The van der Waals surface area contributed by atoms with E-state index in [1.165, 1.54) is 6.92 Å². The summed E-state index contributed by atoms with van der Waals surface area (Å²) in [5, 5.41) is 0. The van der Waals surface area contributed by atoms with Gasteiger partial charge in [0.05, 0.1) is 16.6 Å². The van der Waals surface area contributed by atoms with Crippen LogP contribution in [0.4, 0.5) is 13.2 Å². The van der Waals surface area contributed by atoms with Crippen LogP contribution in [0.3, 0.4) is 0 Å². The third-order valence-electron chi connectivity index (χ3n) is 2.91. The van der Waals surface area contributed by atoms with Crippen LogP contribution < -0.4 is 0 Å². The summed E-state index contributed by atoms with van der Waals surface area (Å²) in [5.74, 6) is 0.737. The smallest absolute Gasteiger partial charge is 0.328 e. The standard InChI is InChI=1S/C12H13F3N2/c1-4-17-8(3)16-10-6-9(12(13,14)15)7(2)5-11(10)17/h5-6H,4H2,1-3H3. The highest BCUT2D eigenvalue weighted by atomic mass is 19.4. The van der Waals surface area contributed by atoms with Crippen LogP contribution in [0.25, 0.3) is 11.0 Å². The Bertz CT molecular complexity index is 567. The average molecular weight is 242 g/mol. The van der Waals surface area contributed by atoms with Crippen molar-refractivity contribution in [2.24, 2.45) is 0 Å². The molecular weight excluding hydrogens is 229 g/mol. The summed E-state index contributed by atoms with van der Waals surface area (Å²) in [4.78, 5) is 4.16. The molecule has 5 heteroatoms. The maximum Gasteiger partial charge on any atom is 0.416 e. The minimum atomic E-state index is -4.32. The molecule has 0 fully saturated rings. The number of nitrogens with zero attached hydrogens (tertiary/aromatic N) is 2. The van der Waals surface area contributed by atoms with Crippen molar-refractivity contribution < 1.29 is 13.2 Å². The molecule has 0 atom stereocenters. The fraction of sp³-hybridized carbons (Fsp3) is 0.417. The van der Waals surface area contributed by atoms with Crippen LogP contribution in [0, 0.1) is 13.8 Å². The second-order valence-corrected chi connectivity index (χ2v) is 4.06. The summed E-state index contributed by atoms with van der Waals surface area (Å²) in [5.41, 5.74) is 0.795. The minimum Gasteiger partial charge on any atom is -0.328 e. The topological polar surface area (TPSA) is 17.8 Å². The van der Waals surface area contributed by atoms with E-state index in [4.69, 9.17) is 0 Å². The van der Waals surface area contributed by atoms with E-state index in [1.54, 1.807) is 13.0 Å². The van der Waals surface area contributed by atoms with E-state index < -0.39 is 11.7 Å². The fourth-order valence-electron chi connectivity index (χ4n) is 2.10. The van der Waals surface area contributed by atoms with E-state index in [-0.39, 0.29) is 5.56 Å². The number of benzene rings is 1. The molecule has 0 aliphatic heterocycles. The molecule has 0 saturated carbocycles. The molecule has 0 spiro atoms. The molecule has 2 rings (SSSR count). The third kappa shape index (κ3) is 1.90. The van der Waals surface area contributed by atoms with Crippen LogP contribution in [0.2, 0.25) is 0 Å². The Morgan fingerprint density at radius 1 is 1.24 bits per heavy atom. The Labute approximate surface area is 97.1 Å². The Morgan fingerprint density at radius 3 is 2.41 bits per heavy atom. The van der Waals surface area contributed by atoms with Crippen molar-refractivity contribution in [3.05, 3.63) is 29.1 Å². The average Bonchev–Trinajstić information content (AvgIpc) is 2.50. The van der Waals surface area contributed by atoms with Gasteiger partial charge in [-0.2, -0.15) is 13.2 Å². The van der Waals surface area contributed by atoms with Gasteiger partial charge in [0.2, 0.25) is 0 Å². The molecule has 1 aromatic carbocycles. The van der Waals surface area contributed by atoms with E-state index in [0.29, 0.717) is 12.1 Å². The summed E-state index contributed by atoms with van der Waals surface area (Å²) in [6, 6.07) is 2.69. The summed E-state index contributed by atoms with van der Waals surface area (Å²) < 4.78 is 40.1. The van der Waals surface area contributed by atoms with Gasteiger partial charge in [0.15, 0.2) is 0 Å². The van der Waals surface area contributed by atoms with Crippen molar-refractivity contribution in [3.63, 3.8) is 0 Å². The zero-order valence-corrected chi connectivity index (χ0v) is 9.89. The number of aromatic nitrogens is 2. The predicted octanol–water partition coefficient (Wildman–Crippen LogP) is 3.69. The van der Waals surface area contributed by atoms with E-state index in [2.05, 4.69) is 4.98 Å². The van der Waals surface area contributed by atoms with Gasteiger partial charge < -0.3 is 4.57 Å². The molecule has 0 saturated heterocycles. The number of fused-ring (bicyclic) bond motifs is 1. The molecule has 0 bridgehead atoms. The van der Waals surface area contributed by atoms with Gasteiger partial charge >= 0.3 is 6.18 Å². The number of alkyl halides is 3. The fourth-order valence-corrected chi connectivity index (χ4v) is 2.10. The summed E-state index contributed by atoms with van der Waals surface area (Å²) in [7, 11) is 0. The zero-order chi connectivity index (χ0) is 12.8. The van der Waals surface area contributed by atoms with Gasteiger partial charge in [0.1, 0.15) is 5.82 Å². The summed E-state index contributed by atoms with van der Waals surface area (Å²) in [6.45, 7) is 5.92. The second-order valence-electron chi connectivity index (χ2n) is 4.06. The number of hydrogen-bond donors (Lipinski definition) is 0. The predicted molar refractivity (Wildman–Crippen MR) is 59.9 cm³/mol. The SMILES string of the molecule is CCn1c(C)nc2cc(C(F)(F)F)c(C)cc21. The van der Waals surface area contributed by atoms with Crippen LogP contribution >= 0.6 is 0 Å². The molecule has 1 heterocycles. The highest BCUT2D eigenvalue weighted by Gasteiger charge is 2.33. The lowest BCUT2D eigenvalue weighted by atomic mass is 10.1. The van der Waals surface area contributed by atoms with Crippen LogP contribution in [0.15, 0.2) is 12.1 Å². The lowest BCUT2D eigenvalue weighted by Gasteiger charge is -2.10. The monoisotopic (exact) mass is 242 g/mol. The number of aryl methyl sites for hydroxylation is 3. The van der Waals surface area contributed by atoms with Gasteiger partial charge in [0.25, 0.3) is 0 Å².